The number of fused-ring (bicyclic) bond motifs is 1. The lowest BCUT2D eigenvalue weighted by Gasteiger charge is -2.28. The Kier molecular flexibility index (Phi) is 6.74. The standard InChI is InChI=1S/C22H26BrN5O2S/c1-12(15-6-8-30-9-7-15)26-21-19-18(17(23)13(2)31-19)27-22(28-21)25-11-14-4-3-5-16(10-14)20(24)29/h3-5,10,12,15H,6-9,11H2,1-2H3,(H2,24,29)(H2,25,26,27,28)/t12-/m1/s1. The van der Waals surface area contributed by atoms with Crippen LogP contribution < -0.4 is 16.4 Å². The highest BCUT2D eigenvalue weighted by Crippen LogP contribution is 2.38. The first-order valence-corrected chi connectivity index (χ1v) is 12.0. The van der Waals surface area contributed by atoms with E-state index >= 15 is 0 Å². The van der Waals surface area contributed by atoms with Crippen LogP contribution in [0.25, 0.3) is 10.2 Å². The van der Waals surface area contributed by atoms with Crippen molar-refractivity contribution in [2.24, 2.45) is 11.7 Å². The van der Waals surface area contributed by atoms with Crippen LogP contribution in [0, 0.1) is 12.8 Å². The van der Waals surface area contributed by atoms with Gasteiger partial charge in [-0.15, -0.1) is 11.3 Å². The number of aryl methyl sites for hydroxylation is 1. The molecule has 0 radical (unpaired) electrons. The molecule has 1 aliphatic rings. The van der Waals surface area contributed by atoms with E-state index in [0.717, 1.165) is 57.0 Å². The Morgan fingerprint density at radius 1 is 1.35 bits per heavy atom. The van der Waals surface area contributed by atoms with E-state index in [1.165, 1.54) is 0 Å². The van der Waals surface area contributed by atoms with Crippen LogP contribution in [0.15, 0.2) is 28.7 Å². The number of thiophene rings is 1. The highest BCUT2D eigenvalue weighted by molar-refractivity contribution is 9.10. The van der Waals surface area contributed by atoms with E-state index < -0.39 is 5.91 Å². The summed E-state index contributed by atoms with van der Waals surface area (Å²) in [5.41, 5.74) is 7.71. The second-order valence-corrected chi connectivity index (χ2v) is 9.86. The number of carbonyl (C=O) groups excluding carboxylic acids is 1. The molecule has 3 aromatic rings. The average Bonchev–Trinajstić information content (AvgIpc) is 3.07. The van der Waals surface area contributed by atoms with Gasteiger partial charge < -0.3 is 21.1 Å². The van der Waals surface area contributed by atoms with E-state index in [9.17, 15) is 4.79 Å². The van der Waals surface area contributed by atoms with Crippen molar-refractivity contribution in [3.8, 4) is 0 Å². The molecule has 4 N–H and O–H groups in total. The van der Waals surface area contributed by atoms with Crippen LogP contribution in [-0.2, 0) is 11.3 Å². The van der Waals surface area contributed by atoms with E-state index in [4.69, 9.17) is 20.4 Å². The SMILES string of the molecule is Cc1sc2c(N[C@H](C)C3CCOCC3)nc(NCc3cccc(C(N)=O)c3)nc2c1Br. The number of nitrogens with one attached hydrogen (secondary N) is 2. The second kappa shape index (κ2) is 9.50. The molecule has 1 fully saturated rings. The maximum atomic E-state index is 11.4. The van der Waals surface area contributed by atoms with Crippen LogP contribution in [0.2, 0.25) is 0 Å². The Bertz CT molecular complexity index is 1100. The summed E-state index contributed by atoms with van der Waals surface area (Å²) in [6, 6.07) is 7.53. The molecule has 0 unspecified atom stereocenters. The fourth-order valence-corrected chi connectivity index (χ4v) is 5.40. The number of nitrogens with two attached hydrogens (primary N) is 1. The molecule has 1 amide bonds. The van der Waals surface area contributed by atoms with Crippen molar-refractivity contribution in [2.75, 3.05) is 23.8 Å². The predicted octanol–water partition coefficient (Wildman–Crippen LogP) is 4.70. The first-order valence-electron chi connectivity index (χ1n) is 10.4. The number of halogens is 1. The van der Waals surface area contributed by atoms with Gasteiger partial charge in [0.1, 0.15) is 11.3 Å². The number of nitrogens with zero attached hydrogens (tertiary/aromatic N) is 2. The largest absolute Gasteiger partial charge is 0.381 e. The van der Waals surface area contributed by atoms with Crippen molar-refractivity contribution in [3.63, 3.8) is 0 Å². The van der Waals surface area contributed by atoms with Crippen molar-refractivity contribution < 1.29 is 9.53 Å². The predicted molar refractivity (Wildman–Crippen MR) is 129 cm³/mol. The lowest BCUT2D eigenvalue weighted by atomic mass is 9.93. The minimum Gasteiger partial charge on any atom is -0.381 e. The number of benzene rings is 1. The smallest absolute Gasteiger partial charge is 0.248 e. The maximum absolute atomic E-state index is 11.4. The Balaban J connectivity index is 1.59. The summed E-state index contributed by atoms with van der Waals surface area (Å²) in [5, 5.41) is 6.94. The Morgan fingerprint density at radius 3 is 2.87 bits per heavy atom. The van der Waals surface area contributed by atoms with Gasteiger partial charge in [0, 0.05) is 36.2 Å². The first kappa shape index (κ1) is 22.0. The number of anilines is 2. The molecule has 0 saturated carbocycles. The third-order valence-electron chi connectivity index (χ3n) is 5.64. The molecule has 4 rings (SSSR count). The number of ether oxygens (including phenoxy) is 1. The molecule has 1 atom stereocenters. The molecular formula is C22H26BrN5O2S. The summed E-state index contributed by atoms with van der Waals surface area (Å²) in [5.74, 6) is 1.50. The van der Waals surface area contributed by atoms with Gasteiger partial charge in [0.05, 0.1) is 9.17 Å². The van der Waals surface area contributed by atoms with Crippen molar-refractivity contribution in [1.29, 1.82) is 0 Å². The van der Waals surface area contributed by atoms with E-state index in [1.807, 2.05) is 12.1 Å². The Morgan fingerprint density at radius 2 is 2.13 bits per heavy atom. The summed E-state index contributed by atoms with van der Waals surface area (Å²) in [7, 11) is 0. The van der Waals surface area contributed by atoms with Crippen LogP contribution in [-0.4, -0.2) is 35.1 Å². The van der Waals surface area contributed by atoms with E-state index in [1.54, 1.807) is 23.5 Å². The topological polar surface area (TPSA) is 102 Å². The lowest BCUT2D eigenvalue weighted by Crippen LogP contribution is -2.31. The van der Waals surface area contributed by atoms with Crippen LogP contribution in [0.4, 0.5) is 11.8 Å². The molecule has 0 aliphatic carbocycles. The zero-order valence-electron chi connectivity index (χ0n) is 17.6. The van der Waals surface area contributed by atoms with Gasteiger partial charge in [-0.1, -0.05) is 12.1 Å². The lowest BCUT2D eigenvalue weighted by molar-refractivity contribution is 0.0622. The number of aromatic nitrogens is 2. The Labute approximate surface area is 193 Å². The molecule has 1 saturated heterocycles. The quantitative estimate of drug-likeness (QED) is 0.431. The molecule has 0 bridgehead atoms. The first-order chi connectivity index (χ1) is 14.9. The zero-order valence-corrected chi connectivity index (χ0v) is 20.0. The molecule has 3 heterocycles. The number of hydrogen-bond acceptors (Lipinski definition) is 7. The molecule has 2 aromatic heterocycles. The van der Waals surface area contributed by atoms with Crippen LogP contribution >= 0.6 is 27.3 Å². The maximum Gasteiger partial charge on any atom is 0.248 e. The van der Waals surface area contributed by atoms with Gasteiger partial charge in [-0.2, -0.15) is 4.98 Å². The molecule has 1 aliphatic heterocycles. The number of rotatable bonds is 7. The van der Waals surface area contributed by atoms with Crippen LogP contribution in [0.1, 0.15) is 40.6 Å². The summed E-state index contributed by atoms with van der Waals surface area (Å²) in [6.45, 7) is 6.40. The average molecular weight is 504 g/mol. The van der Waals surface area contributed by atoms with Gasteiger partial charge in [-0.05, 0) is 66.2 Å². The third-order valence-corrected chi connectivity index (χ3v) is 7.97. The van der Waals surface area contributed by atoms with Crippen LogP contribution in [0.3, 0.4) is 0 Å². The molecule has 1 aromatic carbocycles. The van der Waals surface area contributed by atoms with Gasteiger partial charge in [0.25, 0.3) is 0 Å². The molecule has 9 heteroatoms. The minimum atomic E-state index is -0.439. The summed E-state index contributed by atoms with van der Waals surface area (Å²) >= 11 is 5.36. The van der Waals surface area contributed by atoms with Crippen LogP contribution in [0.5, 0.6) is 0 Å². The number of amides is 1. The zero-order chi connectivity index (χ0) is 22.0. The van der Waals surface area contributed by atoms with Gasteiger partial charge in [0.15, 0.2) is 0 Å². The Hall–Kier alpha value is -2.23. The van der Waals surface area contributed by atoms with Crippen molar-refractivity contribution in [2.45, 2.75) is 39.3 Å². The summed E-state index contributed by atoms with van der Waals surface area (Å²) in [4.78, 5) is 22.1. The van der Waals surface area contributed by atoms with Gasteiger partial charge >= 0.3 is 0 Å². The van der Waals surface area contributed by atoms with E-state index in [0.29, 0.717) is 24.0 Å². The highest BCUT2D eigenvalue weighted by Gasteiger charge is 2.23. The summed E-state index contributed by atoms with van der Waals surface area (Å²) < 4.78 is 7.55. The monoisotopic (exact) mass is 503 g/mol. The number of carbonyl (C=O) groups is 1. The third kappa shape index (κ3) is 4.99. The van der Waals surface area contributed by atoms with Crippen molar-refractivity contribution in [3.05, 3.63) is 44.7 Å². The van der Waals surface area contributed by atoms with Gasteiger partial charge in [-0.3, -0.25) is 4.79 Å². The molecule has 7 nitrogen and oxygen atoms in total. The highest BCUT2D eigenvalue weighted by atomic mass is 79.9. The van der Waals surface area contributed by atoms with Crippen molar-refractivity contribution in [1.82, 2.24) is 9.97 Å². The van der Waals surface area contributed by atoms with E-state index in [2.05, 4.69) is 40.4 Å². The fraction of sp³-hybridized carbons (Fsp3) is 0.409. The van der Waals surface area contributed by atoms with Crippen molar-refractivity contribution >= 4 is 55.2 Å². The van der Waals surface area contributed by atoms with Gasteiger partial charge in [-0.25, -0.2) is 4.98 Å². The molecule has 0 spiro atoms. The fourth-order valence-electron chi connectivity index (χ4n) is 3.80. The molecular weight excluding hydrogens is 478 g/mol. The normalized spacial score (nSPS) is 15.7. The summed E-state index contributed by atoms with van der Waals surface area (Å²) in [6.07, 6.45) is 2.10. The number of primary amides is 1. The van der Waals surface area contributed by atoms with E-state index in [-0.39, 0.29) is 6.04 Å². The second-order valence-electron chi connectivity index (χ2n) is 7.85. The number of hydrogen-bond donors (Lipinski definition) is 3. The molecule has 164 valence electrons. The van der Waals surface area contributed by atoms with Gasteiger partial charge in [0.2, 0.25) is 11.9 Å². The molecule has 31 heavy (non-hydrogen) atoms. The minimum absolute atomic E-state index is 0.281.